The highest BCUT2D eigenvalue weighted by atomic mass is 32.1. The third kappa shape index (κ3) is 3.07. The Morgan fingerprint density at radius 2 is 1.89 bits per heavy atom. The van der Waals surface area contributed by atoms with Gasteiger partial charge in [-0.25, -0.2) is 9.97 Å². The number of nitrogens with zero attached hydrogens (tertiary/aromatic N) is 4. The number of rotatable bonds is 5. The summed E-state index contributed by atoms with van der Waals surface area (Å²) < 4.78 is 2.44. The monoisotopic (exact) mass is 392 g/mol. The Kier molecular flexibility index (Phi) is 4.89. The van der Waals surface area contributed by atoms with Crippen molar-refractivity contribution < 1.29 is 0 Å². The molecule has 0 amide bonds. The summed E-state index contributed by atoms with van der Waals surface area (Å²) in [6.07, 6.45) is 4.61. The van der Waals surface area contributed by atoms with E-state index in [1.165, 1.54) is 16.9 Å². The third-order valence-corrected chi connectivity index (χ3v) is 6.04. The van der Waals surface area contributed by atoms with Crippen LogP contribution < -0.4 is 10.5 Å². The normalized spacial score (nSPS) is 11.4. The molecular formula is C22H24N4OS. The molecule has 5 nitrogen and oxygen atoms in total. The van der Waals surface area contributed by atoms with E-state index in [4.69, 9.17) is 4.98 Å². The molecule has 0 saturated carbocycles. The van der Waals surface area contributed by atoms with Crippen LogP contribution in [0.1, 0.15) is 31.2 Å². The van der Waals surface area contributed by atoms with Crippen LogP contribution in [0.4, 0.5) is 5.69 Å². The van der Waals surface area contributed by atoms with E-state index in [-0.39, 0.29) is 5.56 Å². The lowest BCUT2D eigenvalue weighted by Crippen LogP contribution is -2.23. The Labute approximate surface area is 168 Å². The lowest BCUT2D eigenvalue weighted by atomic mass is 10.2. The van der Waals surface area contributed by atoms with Crippen LogP contribution in [0.15, 0.2) is 41.3 Å². The minimum atomic E-state index is -0.00679. The van der Waals surface area contributed by atoms with E-state index in [1.54, 1.807) is 10.8 Å². The Morgan fingerprint density at radius 1 is 1.14 bits per heavy atom. The van der Waals surface area contributed by atoms with Gasteiger partial charge >= 0.3 is 0 Å². The summed E-state index contributed by atoms with van der Waals surface area (Å²) in [4.78, 5) is 26.0. The topological polar surface area (TPSA) is 51.0 Å². The smallest absolute Gasteiger partial charge is 0.276 e. The summed E-state index contributed by atoms with van der Waals surface area (Å²) in [5.41, 5.74) is 3.85. The number of unbranched alkanes of at least 4 members (excludes halogenated alkanes) is 1. The van der Waals surface area contributed by atoms with Crippen molar-refractivity contribution in [3.05, 3.63) is 58.3 Å². The highest BCUT2D eigenvalue weighted by molar-refractivity contribution is 7.25. The van der Waals surface area contributed by atoms with E-state index in [0.717, 1.165) is 52.2 Å². The molecule has 0 bridgehead atoms. The van der Waals surface area contributed by atoms with Gasteiger partial charge in [-0.15, -0.1) is 11.3 Å². The first kappa shape index (κ1) is 18.6. The first-order chi connectivity index (χ1) is 13.5. The Balaban J connectivity index is 2.08. The second-order valence-corrected chi connectivity index (χ2v) is 8.29. The number of hydrogen-bond acceptors (Lipinski definition) is 5. The Hall–Kier alpha value is -2.73. The SMILES string of the molecule is CCCCc1nc2c(sc3nccc(N(C)C)c32)c(=O)n1-c1ccc(C)cc1. The number of thiophene rings is 1. The number of aryl methyl sites for hydroxylation is 2. The van der Waals surface area contributed by atoms with Crippen LogP contribution in [0, 0.1) is 6.92 Å². The van der Waals surface area contributed by atoms with Crippen molar-refractivity contribution in [2.45, 2.75) is 33.1 Å². The van der Waals surface area contributed by atoms with Crippen LogP contribution in [0.3, 0.4) is 0 Å². The fourth-order valence-corrected chi connectivity index (χ4v) is 4.51. The molecule has 144 valence electrons. The maximum absolute atomic E-state index is 13.5. The number of benzene rings is 1. The highest BCUT2D eigenvalue weighted by Gasteiger charge is 2.20. The minimum Gasteiger partial charge on any atom is -0.377 e. The quantitative estimate of drug-likeness (QED) is 0.493. The number of pyridine rings is 1. The molecule has 0 spiro atoms. The van der Waals surface area contributed by atoms with Gasteiger partial charge in [0.2, 0.25) is 0 Å². The van der Waals surface area contributed by atoms with Crippen LogP contribution in [0.5, 0.6) is 0 Å². The van der Waals surface area contributed by atoms with Gasteiger partial charge in [0.1, 0.15) is 20.9 Å². The maximum Gasteiger partial charge on any atom is 0.276 e. The molecule has 0 atom stereocenters. The standard InChI is InChI=1S/C22H24N4OS/c1-5-6-7-17-24-19-18-16(25(3)4)12-13-23-21(18)28-20(19)22(27)26(17)15-10-8-14(2)9-11-15/h8-13H,5-7H2,1-4H3. The molecule has 0 saturated heterocycles. The molecule has 0 aliphatic rings. The molecule has 3 aromatic heterocycles. The van der Waals surface area contributed by atoms with Gasteiger partial charge in [0.05, 0.1) is 16.8 Å². The van der Waals surface area contributed by atoms with Gasteiger partial charge in [0, 0.05) is 26.7 Å². The highest BCUT2D eigenvalue weighted by Crippen LogP contribution is 2.35. The molecule has 28 heavy (non-hydrogen) atoms. The largest absolute Gasteiger partial charge is 0.377 e. The lowest BCUT2D eigenvalue weighted by Gasteiger charge is -2.15. The van der Waals surface area contributed by atoms with E-state index >= 15 is 0 Å². The second-order valence-electron chi connectivity index (χ2n) is 7.29. The average Bonchev–Trinajstić information content (AvgIpc) is 3.06. The molecular weight excluding hydrogens is 368 g/mol. The van der Waals surface area contributed by atoms with Crippen molar-refractivity contribution in [1.29, 1.82) is 0 Å². The van der Waals surface area contributed by atoms with Crippen molar-refractivity contribution in [3.63, 3.8) is 0 Å². The summed E-state index contributed by atoms with van der Waals surface area (Å²) in [5.74, 6) is 0.816. The van der Waals surface area contributed by atoms with E-state index in [1.807, 2.05) is 51.4 Å². The molecule has 4 aromatic rings. The van der Waals surface area contributed by atoms with E-state index in [9.17, 15) is 4.79 Å². The molecule has 0 aliphatic heterocycles. The van der Waals surface area contributed by atoms with Crippen LogP contribution in [-0.4, -0.2) is 28.6 Å². The fourth-order valence-electron chi connectivity index (χ4n) is 3.48. The molecule has 3 heterocycles. The predicted molar refractivity (Wildman–Crippen MR) is 118 cm³/mol. The second kappa shape index (κ2) is 7.36. The molecule has 1 aromatic carbocycles. The average molecular weight is 393 g/mol. The summed E-state index contributed by atoms with van der Waals surface area (Å²) >= 11 is 1.43. The molecule has 0 N–H and O–H groups in total. The van der Waals surface area contributed by atoms with Crippen molar-refractivity contribution in [2.24, 2.45) is 0 Å². The van der Waals surface area contributed by atoms with Gasteiger partial charge in [0.15, 0.2) is 0 Å². The van der Waals surface area contributed by atoms with Crippen molar-refractivity contribution in [1.82, 2.24) is 14.5 Å². The molecule has 0 fully saturated rings. The summed E-state index contributed by atoms with van der Waals surface area (Å²) in [5, 5.41) is 0.971. The van der Waals surface area contributed by atoms with Crippen LogP contribution in [-0.2, 0) is 6.42 Å². The summed E-state index contributed by atoms with van der Waals surface area (Å²) in [6, 6.07) is 10.0. The van der Waals surface area contributed by atoms with Gasteiger partial charge < -0.3 is 4.90 Å². The number of fused-ring (bicyclic) bond motifs is 3. The van der Waals surface area contributed by atoms with E-state index in [2.05, 4.69) is 16.8 Å². The predicted octanol–water partition coefficient (Wildman–Crippen LogP) is 4.71. The fraction of sp³-hybridized carbons (Fsp3) is 0.318. The molecule has 6 heteroatoms. The summed E-state index contributed by atoms with van der Waals surface area (Å²) in [6.45, 7) is 4.20. The Bertz CT molecular complexity index is 1210. The van der Waals surface area contributed by atoms with Crippen LogP contribution >= 0.6 is 11.3 Å². The van der Waals surface area contributed by atoms with Crippen LogP contribution in [0.25, 0.3) is 26.1 Å². The maximum atomic E-state index is 13.5. The first-order valence-electron chi connectivity index (χ1n) is 9.58. The van der Waals surface area contributed by atoms with Crippen molar-refractivity contribution >= 4 is 37.5 Å². The number of anilines is 1. The Morgan fingerprint density at radius 3 is 2.57 bits per heavy atom. The molecule has 0 radical (unpaired) electrons. The molecule has 0 aliphatic carbocycles. The van der Waals surface area contributed by atoms with Gasteiger partial charge in [-0.3, -0.25) is 9.36 Å². The van der Waals surface area contributed by atoms with Gasteiger partial charge in [-0.2, -0.15) is 0 Å². The zero-order valence-electron chi connectivity index (χ0n) is 16.7. The lowest BCUT2D eigenvalue weighted by molar-refractivity contribution is 0.721. The molecule has 0 unspecified atom stereocenters. The number of hydrogen-bond donors (Lipinski definition) is 0. The summed E-state index contributed by atoms with van der Waals surface area (Å²) in [7, 11) is 4.01. The van der Waals surface area contributed by atoms with Gasteiger partial charge in [0.25, 0.3) is 5.56 Å². The van der Waals surface area contributed by atoms with Crippen LogP contribution in [0.2, 0.25) is 0 Å². The third-order valence-electron chi connectivity index (χ3n) is 4.97. The van der Waals surface area contributed by atoms with E-state index < -0.39 is 0 Å². The number of aromatic nitrogens is 3. The van der Waals surface area contributed by atoms with Gasteiger partial charge in [-0.1, -0.05) is 31.0 Å². The first-order valence-corrected chi connectivity index (χ1v) is 10.4. The molecule has 4 rings (SSSR count). The van der Waals surface area contributed by atoms with Crippen molar-refractivity contribution in [2.75, 3.05) is 19.0 Å². The zero-order valence-corrected chi connectivity index (χ0v) is 17.5. The zero-order chi connectivity index (χ0) is 19.8. The minimum absolute atomic E-state index is 0.00679. The van der Waals surface area contributed by atoms with E-state index in [0.29, 0.717) is 4.70 Å². The van der Waals surface area contributed by atoms with Gasteiger partial charge in [-0.05, 0) is 31.5 Å². The van der Waals surface area contributed by atoms with Crippen molar-refractivity contribution in [3.8, 4) is 5.69 Å².